The Morgan fingerprint density at radius 1 is 1.39 bits per heavy atom. The highest BCUT2D eigenvalue weighted by atomic mass is 16.4. The highest BCUT2D eigenvalue weighted by Gasteiger charge is 2.01. The molecule has 4 heteroatoms. The van der Waals surface area contributed by atoms with E-state index in [1.807, 2.05) is 6.08 Å². The van der Waals surface area contributed by atoms with Crippen LogP contribution in [0.15, 0.2) is 35.9 Å². The molecule has 0 aliphatic heterocycles. The fourth-order valence-corrected chi connectivity index (χ4v) is 1.39. The average Bonchev–Trinajstić information content (AvgIpc) is 2.35. The fraction of sp³-hybridized carbons (Fsp3) is 0.214. The number of rotatable bonds is 5. The second-order valence-electron chi connectivity index (χ2n) is 3.97. The molecule has 0 atom stereocenters. The van der Waals surface area contributed by atoms with Crippen LogP contribution in [0.2, 0.25) is 0 Å². The summed E-state index contributed by atoms with van der Waals surface area (Å²) in [7, 11) is 0. The van der Waals surface area contributed by atoms with Crippen LogP contribution in [0, 0.1) is 0 Å². The van der Waals surface area contributed by atoms with Crippen LogP contribution in [-0.4, -0.2) is 27.9 Å². The predicted molar refractivity (Wildman–Crippen MR) is 69.3 cm³/mol. The third-order valence-corrected chi connectivity index (χ3v) is 2.44. The van der Waals surface area contributed by atoms with E-state index in [1.165, 1.54) is 12.1 Å². The van der Waals surface area contributed by atoms with Gasteiger partial charge in [-0.25, -0.2) is 4.79 Å². The Kier molecular flexibility index (Phi) is 5.14. The molecule has 0 unspecified atom stereocenters. The number of carboxylic acid groups (broad SMARTS) is 1. The Labute approximate surface area is 106 Å². The van der Waals surface area contributed by atoms with Crippen molar-refractivity contribution in [3.05, 3.63) is 47.1 Å². The lowest BCUT2D eigenvalue weighted by Crippen LogP contribution is -1.90. The number of aromatic hydroxyl groups is 1. The molecule has 1 rings (SSSR count). The first-order chi connectivity index (χ1) is 8.52. The van der Waals surface area contributed by atoms with E-state index in [-0.39, 0.29) is 12.4 Å². The van der Waals surface area contributed by atoms with Crippen LogP contribution >= 0.6 is 0 Å². The molecule has 1 aromatic rings. The number of carbonyl (C=O) groups is 1. The minimum atomic E-state index is -1.01. The summed E-state index contributed by atoms with van der Waals surface area (Å²) in [6.45, 7) is 1.78. The molecule has 0 bridgehead atoms. The van der Waals surface area contributed by atoms with E-state index in [9.17, 15) is 9.90 Å². The van der Waals surface area contributed by atoms with Gasteiger partial charge in [0.1, 0.15) is 5.75 Å². The summed E-state index contributed by atoms with van der Waals surface area (Å²) < 4.78 is 0. The first-order valence-corrected chi connectivity index (χ1v) is 5.52. The first-order valence-electron chi connectivity index (χ1n) is 5.52. The van der Waals surface area contributed by atoms with E-state index in [0.717, 1.165) is 11.6 Å². The van der Waals surface area contributed by atoms with Gasteiger partial charge >= 0.3 is 5.97 Å². The van der Waals surface area contributed by atoms with Crippen LogP contribution < -0.4 is 0 Å². The van der Waals surface area contributed by atoms with E-state index < -0.39 is 5.97 Å². The standard InChI is InChI=1S/C14H16O4/c1-10(9-15)2-5-12-8-11(3-6-13(12)16)4-7-14(17)18/h2-4,6-8,15-16H,5,9H2,1H3,(H,17,18). The van der Waals surface area contributed by atoms with Gasteiger partial charge in [-0.2, -0.15) is 0 Å². The second-order valence-corrected chi connectivity index (χ2v) is 3.97. The Morgan fingerprint density at radius 3 is 2.72 bits per heavy atom. The van der Waals surface area contributed by atoms with Crippen LogP contribution in [0.4, 0.5) is 0 Å². The maximum Gasteiger partial charge on any atom is 0.328 e. The minimum absolute atomic E-state index is 0.0145. The van der Waals surface area contributed by atoms with E-state index in [4.69, 9.17) is 10.2 Å². The molecule has 4 nitrogen and oxygen atoms in total. The second kappa shape index (κ2) is 6.61. The van der Waals surface area contributed by atoms with Crippen molar-refractivity contribution in [1.82, 2.24) is 0 Å². The van der Waals surface area contributed by atoms with Gasteiger partial charge in [-0.15, -0.1) is 0 Å². The van der Waals surface area contributed by atoms with E-state index in [0.29, 0.717) is 17.5 Å². The summed E-state index contributed by atoms with van der Waals surface area (Å²) in [6.07, 6.45) is 4.82. The van der Waals surface area contributed by atoms with Crippen LogP contribution in [0.5, 0.6) is 5.75 Å². The van der Waals surface area contributed by atoms with Crippen LogP contribution in [0.3, 0.4) is 0 Å². The molecule has 18 heavy (non-hydrogen) atoms. The molecular formula is C14H16O4. The largest absolute Gasteiger partial charge is 0.508 e. The number of aliphatic carboxylic acids is 1. The summed E-state index contributed by atoms with van der Waals surface area (Å²) in [5.74, 6) is -0.856. The minimum Gasteiger partial charge on any atom is -0.508 e. The van der Waals surface area contributed by atoms with Gasteiger partial charge in [-0.1, -0.05) is 17.7 Å². The van der Waals surface area contributed by atoms with Crippen LogP contribution in [0.1, 0.15) is 18.1 Å². The predicted octanol–water partition coefficient (Wildman–Crippen LogP) is 1.97. The van der Waals surface area contributed by atoms with E-state index in [2.05, 4.69) is 0 Å². The number of phenols is 1. The highest BCUT2D eigenvalue weighted by molar-refractivity contribution is 5.85. The van der Waals surface area contributed by atoms with Gasteiger partial charge in [0.05, 0.1) is 6.61 Å². The number of hydrogen-bond acceptors (Lipinski definition) is 3. The number of phenolic OH excluding ortho intramolecular Hbond substituents is 1. The topological polar surface area (TPSA) is 77.8 Å². The van der Waals surface area contributed by atoms with Crippen molar-refractivity contribution in [1.29, 1.82) is 0 Å². The molecule has 0 aliphatic rings. The number of allylic oxidation sites excluding steroid dienone is 1. The van der Waals surface area contributed by atoms with Gasteiger partial charge in [0.25, 0.3) is 0 Å². The molecule has 0 radical (unpaired) electrons. The van der Waals surface area contributed by atoms with Crippen molar-refractivity contribution in [3.63, 3.8) is 0 Å². The number of hydrogen-bond donors (Lipinski definition) is 3. The van der Waals surface area contributed by atoms with Gasteiger partial charge < -0.3 is 15.3 Å². The lowest BCUT2D eigenvalue weighted by molar-refractivity contribution is -0.131. The quantitative estimate of drug-likeness (QED) is 0.550. The molecular weight excluding hydrogens is 232 g/mol. The molecule has 0 spiro atoms. The van der Waals surface area contributed by atoms with Crippen molar-refractivity contribution < 1.29 is 20.1 Å². The maximum atomic E-state index is 10.4. The first kappa shape index (κ1) is 14.0. The molecule has 0 fully saturated rings. The summed E-state index contributed by atoms with van der Waals surface area (Å²) >= 11 is 0. The van der Waals surface area contributed by atoms with Crippen molar-refractivity contribution in [2.45, 2.75) is 13.3 Å². The SMILES string of the molecule is CC(=CCc1cc(C=CC(=O)O)ccc1O)CO. The molecule has 1 aromatic carbocycles. The third kappa shape index (κ3) is 4.43. The molecule has 96 valence electrons. The van der Waals surface area contributed by atoms with E-state index >= 15 is 0 Å². The van der Waals surface area contributed by atoms with Crippen molar-refractivity contribution >= 4 is 12.0 Å². The lowest BCUT2D eigenvalue weighted by Gasteiger charge is -2.04. The summed E-state index contributed by atoms with van der Waals surface area (Å²) in [5, 5.41) is 27.1. The maximum absolute atomic E-state index is 10.4. The molecule has 0 aliphatic carbocycles. The number of benzene rings is 1. The molecule has 0 amide bonds. The van der Waals surface area contributed by atoms with Gasteiger partial charge in [0.2, 0.25) is 0 Å². The molecule has 0 saturated carbocycles. The Bertz CT molecular complexity index is 487. The number of aliphatic hydroxyl groups is 1. The van der Waals surface area contributed by atoms with Crippen LogP contribution in [-0.2, 0) is 11.2 Å². The highest BCUT2D eigenvalue weighted by Crippen LogP contribution is 2.20. The van der Waals surface area contributed by atoms with Gasteiger partial charge in [0, 0.05) is 6.08 Å². The lowest BCUT2D eigenvalue weighted by atomic mass is 10.0. The summed E-state index contributed by atoms with van der Waals surface area (Å²) in [5.41, 5.74) is 2.22. The molecule has 0 saturated heterocycles. The zero-order chi connectivity index (χ0) is 13.5. The van der Waals surface area contributed by atoms with Gasteiger partial charge in [-0.05, 0) is 42.7 Å². The number of aliphatic hydroxyl groups excluding tert-OH is 1. The third-order valence-electron chi connectivity index (χ3n) is 2.44. The van der Waals surface area contributed by atoms with Crippen molar-refractivity contribution in [3.8, 4) is 5.75 Å². The fourth-order valence-electron chi connectivity index (χ4n) is 1.39. The zero-order valence-corrected chi connectivity index (χ0v) is 10.1. The zero-order valence-electron chi connectivity index (χ0n) is 10.1. The Morgan fingerprint density at radius 2 is 2.11 bits per heavy atom. The normalized spacial score (nSPS) is 12.0. The number of carboxylic acids is 1. The smallest absolute Gasteiger partial charge is 0.328 e. The Hall–Kier alpha value is -2.07. The van der Waals surface area contributed by atoms with Gasteiger partial charge in [-0.3, -0.25) is 0 Å². The van der Waals surface area contributed by atoms with Crippen molar-refractivity contribution in [2.24, 2.45) is 0 Å². The van der Waals surface area contributed by atoms with Gasteiger partial charge in [0.15, 0.2) is 0 Å². The van der Waals surface area contributed by atoms with Crippen LogP contribution in [0.25, 0.3) is 6.08 Å². The van der Waals surface area contributed by atoms with Crippen molar-refractivity contribution in [2.75, 3.05) is 6.61 Å². The summed E-state index contributed by atoms with van der Waals surface area (Å²) in [4.78, 5) is 10.4. The molecule has 0 aromatic heterocycles. The molecule has 3 N–H and O–H groups in total. The average molecular weight is 248 g/mol. The summed E-state index contributed by atoms with van der Waals surface area (Å²) in [6, 6.07) is 4.88. The molecule has 0 heterocycles. The van der Waals surface area contributed by atoms with E-state index in [1.54, 1.807) is 19.1 Å². The Balaban J connectivity index is 2.91. The monoisotopic (exact) mass is 248 g/mol.